The fraction of sp³-hybridized carbons (Fsp3) is 0.240. The first-order valence-electron chi connectivity index (χ1n) is 10.1. The normalized spacial score (nSPS) is 14.8. The fourth-order valence-corrected chi connectivity index (χ4v) is 4.30. The summed E-state index contributed by atoms with van der Waals surface area (Å²) in [5.41, 5.74) is 1.40. The van der Waals surface area contributed by atoms with Crippen LogP contribution in [0.1, 0.15) is 46.5 Å². The molecule has 0 radical (unpaired) electrons. The lowest BCUT2D eigenvalue weighted by molar-refractivity contribution is 0.0910. The number of amides is 1. The minimum absolute atomic E-state index is 0.0324. The van der Waals surface area contributed by atoms with Crippen molar-refractivity contribution in [3.8, 4) is 5.69 Å². The summed E-state index contributed by atoms with van der Waals surface area (Å²) in [4.78, 5) is 41.6. The van der Waals surface area contributed by atoms with E-state index in [1.54, 1.807) is 49.6 Å². The van der Waals surface area contributed by atoms with Crippen LogP contribution >= 0.6 is 11.6 Å². The van der Waals surface area contributed by atoms with Gasteiger partial charge >= 0.3 is 0 Å². The van der Waals surface area contributed by atoms with E-state index >= 15 is 0 Å². The van der Waals surface area contributed by atoms with E-state index in [-0.39, 0.29) is 16.8 Å². The molecular weight excluding hydrogens is 412 g/mol. The molecule has 3 aromatic rings. The second-order valence-electron chi connectivity index (χ2n) is 8.69. The van der Waals surface area contributed by atoms with E-state index in [9.17, 15) is 14.4 Å². The zero-order valence-corrected chi connectivity index (χ0v) is 18.4. The van der Waals surface area contributed by atoms with Crippen LogP contribution in [0.25, 0.3) is 5.69 Å². The van der Waals surface area contributed by atoms with Gasteiger partial charge in [0.05, 0.1) is 0 Å². The summed E-state index contributed by atoms with van der Waals surface area (Å²) >= 11 is 6.10. The summed E-state index contributed by atoms with van der Waals surface area (Å²) in [7, 11) is 1.61. The van der Waals surface area contributed by atoms with E-state index in [4.69, 9.17) is 11.6 Å². The topological polar surface area (TPSA) is 59.4 Å². The first-order valence-corrected chi connectivity index (χ1v) is 10.5. The van der Waals surface area contributed by atoms with Crippen molar-refractivity contribution in [2.75, 3.05) is 11.9 Å². The molecule has 5 nitrogen and oxygen atoms in total. The lowest BCUT2D eigenvalue weighted by atomic mass is 9.73. The molecule has 0 aliphatic heterocycles. The molecule has 2 aromatic carbocycles. The minimum Gasteiger partial charge on any atom is -0.311 e. The number of fused-ring (bicyclic) bond motifs is 1. The van der Waals surface area contributed by atoms with Crippen LogP contribution in [0.5, 0.6) is 0 Å². The average Bonchev–Trinajstić information content (AvgIpc) is 2.72. The number of benzene rings is 2. The summed E-state index contributed by atoms with van der Waals surface area (Å²) in [6, 6.07) is 15.9. The van der Waals surface area contributed by atoms with Crippen LogP contribution in [0, 0.1) is 5.41 Å². The number of ketones is 1. The van der Waals surface area contributed by atoms with E-state index < -0.39 is 11.5 Å². The van der Waals surface area contributed by atoms with Crippen molar-refractivity contribution in [1.82, 2.24) is 4.57 Å². The fourth-order valence-electron chi connectivity index (χ4n) is 4.12. The largest absolute Gasteiger partial charge is 0.311 e. The van der Waals surface area contributed by atoms with Crippen molar-refractivity contribution in [2.24, 2.45) is 5.41 Å². The number of halogens is 1. The monoisotopic (exact) mass is 434 g/mol. The molecule has 1 aliphatic carbocycles. The van der Waals surface area contributed by atoms with Gasteiger partial charge in [0.1, 0.15) is 5.56 Å². The van der Waals surface area contributed by atoms with Gasteiger partial charge in [-0.1, -0.05) is 49.7 Å². The van der Waals surface area contributed by atoms with Crippen LogP contribution in [-0.2, 0) is 6.42 Å². The Hall–Kier alpha value is -3.18. The van der Waals surface area contributed by atoms with Crippen LogP contribution in [0.4, 0.5) is 5.69 Å². The minimum atomic E-state index is -0.459. The number of para-hydroxylation sites is 1. The molecule has 4 rings (SSSR count). The predicted molar refractivity (Wildman–Crippen MR) is 123 cm³/mol. The highest BCUT2D eigenvalue weighted by atomic mass is 35.5. The highest BCUT2D eigenvalue weighted by Crippen LogP contribution is 2.36. The Morgan fingerprint density at radius 3 is 2.42 bits per heavy atom. The van der Waals surface area contributed by atoms with Gasteiger partial charge in [-0.3, -0.25) is 19.0 Å². The van der Waals surface area contributed by atoms with Gasteiger partial charge in [0, 0.05) is 41.6 Å². The second-order valence-corrected chi connectivity index (χ2v) is 9.13. The number of hydrogen-bond acceptors (Lipinski definition) is 3. The summed E-state index contributed by atoms with van der Waals surface area (Å²) in [5, 5.41) is 0.491. The van der Waals surface area contributed by atoms with Gasteiger partial charge in [-0.15, -0.1) is 0 Å². The van der Waals surface area contributed by atoms with Crippen molar-refractivity contribution in [2.45, 2.75) is 26.7 Å². The number of nitrogens with zero attached hydrogens (tertiary/aromatic N) is 2. The highest BCUT2D eigenvalue weighted by molar-refractivity contribution is 6.31. The quantitative estimate of drug-likeness (QED) is 0.587. The number of carbonyl (C=O) groups is 2. The van der Waals surface area contributed by atoms with Gasteiger partial charge in [-0.05, 0) is 47.7 Å². The number of rotatable bonds is 3. The summed E-state index contributed by atoms with van der Waals surface area (Å²) in [6.07, 6.45) is 2.43. The number of hydrogen-bond donors (Lipinski definition) is 0. The van der Waals surface area contributed by atoms with Gasteiger partial charge in [0.2, 0.25) is 0 Å². The molecule has 6 heteroatoms. The molecule has 0 spiro atoms. The number of aromatic nitrogens is 1. The number of carbonyl (C=O) groups excluding carboxylic acids is 2. The molecule has 1 aliphatic rings. The first kappa shape index (κ1) is 21.1. The van der Waals surface area contributed by atoms with Crippen molar-refractivity contribution in [3.05, 3.63) is 92.9 Å². The van der Waals surface area contributed by atoms with Crippen molar-refractivity contribution < 1.29 is 9.59 Å². The third kappa shape index (κ3) is 3.93. The first-order chi connectivity index (χ1) is 14.7. The van der Waals surface area contributed by atoms with E-state index in [0.717, 1.165) is 0 Å². The zero-order chi connectivity index (χ0) is 22.3. The van der Waals surface area contributed by atoms with Crippen molar-refractivity contribution in [3.63, 3.8) is 0 Å². The van der Waals surface area contributed by atoms with E-state index in [0.29, 0.717) is 40.4 Å². The highest BCUT2D eigenvalue weighted by Gasteiger charge is 2.36. The predicted octanol–water partition coefficient (Wildman–Crippen LogP) is 4.92. The maximum atomic E-state index is 13.6. The van der Waals surface area contributed by atoms with E-state index in [2.05, 4.69) is 0 Å². The molecule has 0 saturated heterocycles. The van der Waals surface area contributed by atoms with Crippen LogP contribution in [0.15, 0.2) is 65.6 Å². The third-order valence-corrected chi connectivity index (χ3v) is 5.90. The Labute approximate surface area is 185 Å². The summed E-state index contributed by atoms with van der Waals surface area (Å²) < 4.78 is 1.40. The second kappa shape index (κ2) is 7.82. The third-order valence-electron chi connectivity index (χ3n) is 5.66. The molecule has 1 aromatic heterocycles. The van der Waals surface area contributed by atoms with Crippen LogP contribution in [0.2, 0.25) is 5.02 Å². The molecule has 0 unspecified atom stereocenters. The van der Waals surface area contributed by atoms with Crippen molar-refractivity contribution >= 4 is 29.0 Å². The van der Waals surface area contributed by atoms with Gasteiger partial charge in [0.25, 0.3) is 11.5 Å². The summed E-state index contributed by atoms with van der Waals surface area (Å²) in [5.74, 6) is -0.519. The van der Waals surface area contributed by atoms with E-state index in [1.807, 2.05) is 32.0 Å². The maximum Gasteiger partial charge on any atom is 0.268 e. The Kier molecular flexibility index (Phi) is 5.31. The number of pyridine rings is 1. The molecule has 0 atom stereocenters. The molecule has 158 valence electrons. The van der Waals surface area contributed by atoms with Crippen LogP contribution in [-0.4, -0.2) is 23.3 Å². The van der Waals surface area contributed by atoms with Crippen LogP contribution < -0.4 is 10.5 Å². The molecule has 31 heavy (non-hydrogen) atoms. The number of Topliss-reactive ketones (excluding diaryl/α,β-unsaturated/α-hetero) is 1. The average molecular weight is 435 g/mol. The smallest absolute Gasteiger partial charge is 0.268 e. The molecule has 0 fully saturated rings. The van der Waals surface area contributed by atoms with E-state index in [1.165, 1.54) is 9.47 Å². The standard InChI is InChI=1S/C25H23ClN2O3/c1-25(2)13-19-20(21(29)14-25)15-28(17-9-5-4-6-10-17)24(31)22(19)23(30)27(3)18-11-7-8-16(26)12-18/h4-12,15H,13-14H2,1-3H3. The van der Waals surface area contributed by atoms with Gasteiger partial charge < -0.3 is 4.90 Å². The van der Waals surface area contributed by atoms with Gasteiger partial charge in [-0.2, -0.15) is 0 Å². The Balaban J connectivity index is 1.95. The molecular formula is C25H23ClN2O3. The summed E-state index contributed by atoms with van der Waals surface area (Å²) in [6.45, 7) is 3.96. The lowest BCUT2D eigenvalue weighted by Crippen LogP contribution is -2.39. The Morgan fingerprint density at radius 2 is 1.74 bits per heavy atom. The van der Waals surface area contributed by atoms with Crippen molar-refractivity contribution in [1.29, 1.82) is 0 Å². The van der Waals surface area contributed by atoms with Gasteiger partial charge in [-0.25, -0.2) is 0 Å². The van der Waals surface area contributed by atoms with Crippen LogP contribution in [0.3, 0.4) is 0 Å². The molecule has 0 N–H and O–H groups in total. The molecule has 1 amide bonds. The lowest BCUT2D eigenvalue weighted by Gasteiger charge is -2.32. The maximum absolute atomic E-state index is 13.6. The molecule has 0 bridgehead atoms. The zero-order valence-electron chi connectivity index (χ0n) is 17.7. The Morgan fingerprint density at radius 1 is 1.03 bits per heavy atom. The van der Waals surface area contributed by atoms with Gasteiger partial charge in [0.15, 0.2) is 5.78 Å². The number of anilines is 1. The molecule has 0 saturated carbocycles. The SMILES string of the molecule is CN(C(=O)c1c2c(cn(-c3ccccc3)c1=O)C(=O)CC(C)(C)C2)c1cccc(Cl)c1. The molecule has 1 heterocycles. The Bertz CT molecular complexity index is 1250.